The lowest BCUT2D eigenvalue weighted by Gasteiger charge is -2.33. The standard InChI is InChI=1S/C20H32N2O4/c23-18-20(19(24)22(20)26-17-12-6-2-7-13-17)14-8-3-9-15-21(18)25-16-10-4-1-5-11-16/h16-17H,1-15H2. The average molecular weight is 364 g/mol. The Kier molecular flexibility index (Phi) is 5.50. The number of rotatable bonds is 4. The molecule has 2 aliphatic carbocycles. The highest BCUT2D eigenvalue weighted by atomic mass is 16.7. The van der Waals surface area contributed by atoms with Gasteiger partial charge in [0.05, 0.1) is 12.2 Å². The van der Waals surface area contributed by atoms with Crippen molar-refractivity contribution < 1.29 is 19.3 Å². The number of hydrogen-bond donors (Lipinski definition) is 0. The van der Waals surface area contributed by atoms with Crippen LogP contribution in [0.15, 0.2) is 0 Å². The smallest absolute Gasteiger partial charge is 0.269 e. The normalized spacial score (nSPS) is 32.0. The fourth-order valence-electron chi connectivity index (χ4n) is 4.76. The molecule has 2 saturated carbocycles. The van der Waals surface area contributed by atoms with E-state index in [-0.39, 0.29) is 24.0 Å². The lowest BCUT2D eigenvalue weighted by atomic mass is 9.97. The van der Waals surface area contributed by atoms with Gasteiger partial charge in [-0.1, -0.05) is 44.9 Å². The highest BCUT2D eigenvalue weighted by Crippen LogP contribution is 2.44. The Morgan fingerprint density at radius 2 is 1.27 bits per heavy atom. The van der Waals surface area contributed by atoms with Gasteiger partial charge in [0, 0.05) is 6.54 Å². The summed E-state index contributed by atoms with van der Waals surface area (Å²) in [6.07, 6.45) is 14.7. The van der Waals surface area contributed by atoms with Gasteiger partial charge < -0.3 is 0 Å². The first-order valence-electron chi connectivity index (χ1n) is 10.7. The molecule has 0 aromatic heterocycles. The molecule has 0 bridgehead atoms. The molecule has 6 nitrogen and oxygen atoms in total. The summed E-state index contributed by atoms with van der Waals surface area (Å²) >= 11 is 0. The topological polar surface area (TPSA) is 58.8 Å². The predicted octanol–water partition coefficient (Wildman–Crippen LogP) is 3.50. The molecular weight excluding hydrogens is 332 g/mol. The van der Waals surface area contributed by atoms with E-state index < -0.39 is 5.54 Å². The van der Waals surface area contributed by atoms with Crippen LogP contribution in [-0.2, 0) is 19.3 Å². The molecule has 146 valence electrons. The van der Waals surface area contributed by atoms with Crippen molar-refractivity contribution in [1.82, 2.24) is 10.1 Å². The number of hydrogen-bond acceptors (Lipinski definition) is 4. The van der Waals surface area contributed by atoms with Crippen molar-refractivity contribution in [1.29, 1.82) is 0 Å². The van der Waals surface area contributed by atoms with Gasteiger partial charge in [-0.2, -0.15) is 5.06 Å². The number of carbonyl (C=O) groups excluding carboxylic acids is 2. The van der Waals surface area contributed by atoms with Crippen molar-refractivity contribution in [3.05, 3.63) is 0 Å². The van der Waals surface area contributed by atoms with Crippen LogP contribution in [0.1, 0.15) is 89.9 Å². The van der Waals surface area contributed by atoms with Crippen molar-refractivity contribution in [3.63, 3.8) is 0 Å². The fourth-order valence-corrected chi connectivity index (χ4v) is 4.76. The SMILES string of the molecule is O=C1N(OC2CCCCC2)CCCCCC12C(=O)N2OC1CCCCC1. The van der Waals surface area contributed by atoms with E-state index in [1.165, 1.54) is 23.0 Å². The van der Waals surface area contributed by atoms with Crippen molar-refractivity contribution in [3.8, 4) is 0 Å². The molecule has 4 fully saturated rings. The predicted molar refractivity (Wildman–Crippen MR) is 95.7 cm³/mol. The second kappa shape index (κ2) is 7.85. The van der Waals surface area contributed by atoms with Crippen LogP contribution in [-0.4, -0.2) is 46.2 Å². The second-order valence-electron chi connectivity index (χ2n) is 8.41. The monoisotopic (exact) mass is 364 g/mol. The Bertz CT molecular complexity index is 528. The summed E-state index contributed by atoms with van der Waals surface area (Å²) < 4.78 is 0. The molecule has 2 amide bonds. The zero-order valence-corrected chi connectivity index (χ0v) is 15.8. The zero-order valence-electron chi connectivity index (χ0n) is 15.8. The molecule has 4 aliphatic rings. The van der Waals surface area contributed by atoms with Crippen LogP contribution >= 0.6 is 0 Å². The van der Waals surface area contributed by atoms with Crippen LogP contribution in [0, 0.1) is 0 Å². The number of nitrogens with zero attached hydrogens (tertiary/aromatic N) is 2. The minimum Gasteiger partial charge on any atom is -0.269 e. The van der Waals surface area contributed by atoms with Crippen LogP contribution < -0.4 is 0 Å². The highest BCUT2D eigenvalue weighted by molar-refractivity contribution is 6.20. The van der Waals surface area contributed by atoms with E-state index in [9.17, 15) is 9.59 Å². The van der Waals surface area contributed by atoms with E-state index in [0.717, 1.165) is 70.6 Å². The first-order chi connectivity index (χ1) is 12.7. The maximum absolute atomic E-state index is 13.3. The van der Waals surface area contributed by atoms with Crippen molar-refractivity contribution in [2.75, 3.05) is 6.54 Å². The number of hydroxylamine groups is 4. The summed E-state index contributed by atoms with van der Waals surface area (Å²) in [4.78, 5) is 38.0. The summed E-state index contributed by atoms with van der Waals surface area (Å²) in [6, 6.07) is 0. The van der Waals surface area contributed by atoms with E-state index in [0.29, 0.717) is 13.0 Å². The minimum atomic E-state index is -1.10. The molecule has 1 spiro atoms. The highest BCUT2D eigenvalue weighted by Gasteiger charge is 2.71. The molecule has 2 aliphatic heterocycles. The first-order valence-corrected chi connectivity index (χ1v) is 10.7. The Morgan fingerprint density at radius 3 is 1.92 bits per heavy atom. The largest absolute Gasteiger partial charge is 0.286 e. The van der Waals surface area contributed by atoms with E-state index in [1.807, 2.05) is 0 Å². The zero-order chi connectivity index (χ0) is 18.0. The molecule has 26 heavy (non-hydrogen) atoms. The number of carbonyl (C=O) groups is 2. The van der Waals surface area contributed by atoms with Gasteiger partial charge in [0.1, 0.15) is 0 Å². The van der Waals surface area contributed by atoms with E-state index in [1.54, 1.807) is 0 Å². The maximum atomic E-state index is 13.3. The van der Waals surface area contributed by atoms with Gasteiger partial charge in [-0.25, -0.2) is 5.06 Å². The second-order valence-corrected chi connectivity index (χ2v) is 8.41. The Labute approximate surface area is 156 Å². The summed E-state index contributed by atoms with van der Waals surface area (Å²) in [5, 5.41) is 2.91. The Balaban J connectivity index is 1.44. The van der Waals surface area contributed by atoms with Crippen LogP contribution in [0.2, 0.25) is 0 Å². The first kappa shape index (κ1) is 18.2. The molecule has 0 aromatic rings. The van der Waals surface area contributed by atoms with Crippen molar-refractivity contribution in [2.45, 2.75) is 108 Å². The molecule has 0 radical (unpaired) electrons. The third-order valence-corrected chi connectivity index (χ3v) is 6.45. The van der Waals surface area contributed by atoms with Gasteiger partial charge in [-0.05, 0) is 44.9 Å². The van der Waals surface area contributed by atoms with Crippen molar-refractivity contribution >= 4 is 11.8 Å². The van der Waals surface area contributed by atoms with Gasteiger partial charge in [-0.3, -0.25) is 19.3 Å². The van der Waals surface area contributed by atoms with Crippen molar-refractivity contribution in [2.24, 2.45) is 0 Å². The van der Waals surface area contributed by atoms with E-state index >= 15 is 0 Å². The Morgan fingerprint density at radius 1 is 0.692 bits per heavy atom. The molecule has 6 heteroatoms. The minimum absolute atomic E-state index is 0.0815. The van der Waals surface area contributed by atoms with E-state index in [2.05, 4.69) is 0 Å². The van der Waals surface area contributed by atoms with Gasteiger partial charge in [0.15, 0.2) is 0 Å². The lowest BCUT2D eigenvalue weighted by molar-refractivity contribution is -0.223. The summed E-state index contributed by atoms with van der Waals surface area (Å²) in [7, 11) is 0. The van der Waals surface area contributed by atoms with Gasteiger partial charge in [-0.15, -0.1) is 0 Å². The van der Waals surface area contributed by atoms with Gasteiger partial charge >= 0.3 is 0 Å². The molecule has 1 unspecified atom stereocenters. The molecule has 4 rings (SSSR count). The molecule has 1 atom stereocenters. The summed E-state index contributed by atoms with van der Waals surface area (Å²) in [5.41, 5.74) is -1.10. The molecule has 2 heterocycles. The fraction of sp³-hybridized carbons (Fsp3) is 0.900. The summed E-state index contributed by atoms with van der Waals surface area (Å²) in [5.74, 6) is -0.351. The third kappa shape index (κ3) is 3.50. The quantitative estimate of drug-likeness (QED) is 0.566. The Hall–Kier alpha value is -1.14. The number of amides is 2. The lowest BCUT2D eigenvalue weighted by Crippen LogP contribution is -2.47. The molecule has 2 saturated heterocycles. The molecular formula is C20H32N2O4. The van der Waals surface area contributed by atoms with Crippen LogP contribution in [0.4, 0.5) is 0 Å². The third-order valence-electron chi connectivity index (χ3n) is 6.45. The van der Waals surface area contributed by atoms with Gasteiger partial charge in [0.2, 0.25) is 5.54 Å². The molecule has 0 aromatic carbocycles. The van der Waals surface area contributed by atoms with Crippen LogP contribution in [0.25, 0.3) is 0 Å². The maximum Gasteiger partial charge on any atom is 0.286 e. The van der Waals surface area contributed by atoms with Crippen LogP contribution in [0.3, 0.4) is 0 Å². The average Bonchev–Trinajstić information content (AvgIpc) is 3.24. The summed E-state index contributed by atoms with van der Waals surface area (Å²) in [6.45, 7) is 0.585. The van der Waals surface area contributed by atoms with E-state index in [4.69, 9.17) is 9.68 Å². The molecule has 0 N–H and O–H groups in total. The van der Waals surface area contributed by atoms with Gasteiger partial charge in [0.25, 0.3) is 11.8 Å². The van der Waals surface area contributed by atoms with Crippen LogP contribution in [0.5, 0.6) is 0 Å².